The first-order chi connectivity index (χ1) is 11.0. The Hall–Kier alpha value is -2.53. The molecule has 3 rings (SSSR count). The van der Waals surface area contributed by atoms with Crippen molar-refractivity contribution in [2.24, 2.45) is 5.73 Å². The van der Waals surface area contributed by atoms with E-state index in [1.165, 1.54) is 16.7 Å². The van der Waals surface area contributed by atoms with Crippen LogP contribution in [0.25, 0.3) is 16.6 Å². The van der Waals surface area contributed by atoms with Crippen LogP contribution in [0.5, 0.6) is 0 Å². The average Bonchev–Trinajstić information content (AvgIpc) is 2.55. The number of aromatic nitrogens is 2. The van der Waals surface area contributed by atoms with E-state index in [1.807, 2.05) is 0 Å². The molecule has 0 spiro atoms. The van der Waals surface area contributed by atoms with Gasteiger partial charge in [0.25, 0.3) is 5.56 Å². The number of nitrogens with two attached hydrogens (primary N) is 1. The summed E-state index contributed by atoms with van der Waals surface area (Å²) >= 11 is 0. The highest BCUT2D eigenvalue weighted by Gasteiger charge is 2.18. The van der Waals surface area contributed by atoms with Crippen molar-refractivity contribution in [3.8, 4) is 5.69 Å². The van der Waals surface area contributed by atoms with Crippen molar-refractivity contribution in [1.29, 1.82) is 0 Å². The van der Waals surface area contributed by atoms with Gasteiger partial charge in [0.1, 0.15) is 17.0 Å². The highest BCUT2D eigenvalue weighted by molar-refractivity contribution is 5.78. The van der Waals surface area contributed by atoms with Crippen molar-refractivity contribution in [3.05, 3.63) is 70.5 Å². The summed E-state index contributed by atoms with van der Waals surface area (Å²) in [7, 11) is 0. The van der Waals surface area contributed by atoms with Crippen LogP contribution in [0.1, 0.15) is 26.6 Å². The fraction of sp³-hybridized carbons (Fsp3) is 0.176. The van der Waals surface area contributed by atoms with Crippen molar-refractivity contribution in [2.75, 3.05) is 0 Å². The van der Waals surface area contributed by atoms with E-state index in [1.54, 1.807) is 43.3 Å². The maximum atomic E-state index is 14.1. The topological polar surface area (TPSA) is 60.9 Å². The van der Waals surface area contributed by atoms with Crippen LogP contribution < -0.4 is 11.3 Å². The summed E-state index contributed by atoms with van der Waals surface area (Å²) in [5.74, 6) is -0.547. The molecule has 4 nitrogen and oxygen atoms in total. The van der Waals surface area contributed by atoms with Gasteiger partial charge in [-0.2, -0.15) is 0 Å². The third-order valence-electron chi connectivity index (χ3n) is 3.53. The molecule has 2 N–H and O–H groups in total. The van der Waals surface area contributed by atoms with Gasteiger partial charge in [-0.1, -0.05) is 31.2 Å². The highest BCUT2D eigenvalue weighted by atomic mass is 19.1. The lowest BCUT2D eigenvalue weighted by atomic mass is 10.1. The quantitative estimate of drug-likeness (QED) is 0.808. The first kappa shape index (κ1) is 13.2. The number of rotatable bonds is 3. The van der Waals surface area contributed by atoms with Crippen molar-refractivity contribution in [2.45, 2.75) is 19.4 Å². The lowest BCUT2D eigenvalue weighted by molar-refractivity contribution is 0.614. The summed E-state index contributed by atoms with van der Waals surface area (Å²) in [6, 6.07) is 11.4. The molecule has 0 radical (unpaired) electrons. The van der Waals surface area contributed by atoms with Gasteiger partial charge in [-0.3, -0.25) is 9.36 Å². The number of hydrogen-bond donors (Lipinski definition) is 1. The van der Waals surface area contributed by atoms with E-state index in [4.69, 9.17) is 7.10 Å². The molecule has 0 aliphatic heterocycles. The molecule has 22 heavy (non-hydrogen) atoms. The fourth-order valence-electron chi connectivity index (χ4n) is 2.38. The van der Waals surface area contributed by atoms with E-state index < -0.39 is 17.4 Å². The Kier molecular flexibility index (Phi) is 3.40. The minimum atomic E-state index is -1.56. The van der Waals surface area contributed by atoms with Crippen LogP contribution in [-0.4, -0.2) is 9.55 Å². The molecule has 0 amide bonds. The van der Waals surface area contributed by atoms with E-state index in [0.717, 1.165) is 0 Å². The minimum Gasteiger partial charge on any atom is -0.321 e. The highest BCUT2D eigenvalue weighted by Crippen LogP contribution is 2.19. The Labute approximate surface area is 128 Å². The van der Waals surface area contributed by atoms with Gasteiger partial charge in [0.05, 0.1) is 18.6 Å². The lowest BCUT2D eigenvalue weighted by Crippen LogP contribution is -2.28. The predicted octanol–water partition coefficient (Wildman–Crippen LogP) is 2.93. The van der Waals surface area contributed by atoms with Crippen LogP contribution in [0, 0.1) is 5.82 Å². The molecule has 0 aliphatic carbocycles. The normalized spacial score (nSPS) is 14.6. The van der Waals surface area contributed by atoms with Crippen LogP contribution in [-0.2, 0) is 0 Å². The van der Waals surface area contributed by atoms with Gasteiger partial charge in [0.2, 0.25) is 0 Å². The smallest absolute Gasteiger partial charge is 0.269 e. The number of para-hydroxylation sites is 1. The molecule has 0 bridgehead atoms. The van der Waals surface area contributed by atoms with Gasteiger partial charge < -0.3 is 5.73 Å². The molecule has 2 aromatic carbocycles. The first-order valence-electron chi connectivity index (χ1n) is 7.52. The molecule has 1 atom stereocenters. The zero-order valence-electron chi connectivity index (χ0n) is 13.1. The number of halogens is 1. The van der Waals surface area contributed by atoms with Crippen LogP contribution in [0.4, 0.5) is 4.39 Å². The van der Waals surface area contributed by atoms with Gasteiger partial charge in [-0.15, -0.1) is 0 Å². The fourth-order valence-corrected chi connectivity index (χ4v) is 2.38. The van der Waals surface area contributed by atoms with Gasteiger partial charge in [0, 0.05) is 0 Å². The van der Waals surface area contributed by atoms with E-state index in [0.29, 0.717) is 5.69 Å². The minimum absolute atomic E-state index is 0.0919. The second-order valence-corrected chi connectivity index (χ2v) is 4.92. The monoisotopic (exact) mass is 298 g/mol. The Morgan fingerprint density at radius 3 is 2.68 bits per heavy atom. The van der Waals surface area contributed by atoms with Crippen LogP contribution in [0.3, 0.4) is 0 Å². The first-order valence-corrected chi connectivity index (χ1v) is 7.02. The Morgan fingerprint density at radius 1 is 1.27 bits per heavy atom. The SMILES string of the molecule is [2H][C@](N)(CC)c1nc2cccc(F)c2c(=O)n1-c1ccccc1. The van der Waals surface area contributed by atoms with E-state index in [2.05, 4.69) is 4.98 Å². The van der Waals surface area contributed by atoms with E-state index in [9.17, 15) is 9.18 Å². The second-order valence-electron chi connectivity index (χ2n) is 4.92. The molecule has 0 unspecified atom stereocenters. The molecule has 0 saturated carbocycles. The summed E-state index contributed by atoms with van der Waals surface area (Å²) < 4.78 is 23.6. The third-order valence-corrected chi connectivity index (χ3v) is 3.53. The van der Waals surface area contributed by atoms with Gasteiger partial charge in [0.15, 0.2) is 0 Å². The molecule has 112 valence electrons. The molecule has 0 fully saturated rings. The van der Waals surface area contributed by atoms with Crippen LogP contribution in [0.2, 0.25) is 0 Å². The number of fused-ring (bicyclic) bond motifs is 1. The second kappa shape index (κ2) is 5.69. The van der Waals surface area contributed by atoms with Crippen molar-refractivity contribution in [1.82, 2.24) is 9.55 Å². The third kappa shape index (κ3) is 2.29. The van der Waals surface area contributed by atoms with Gasteiger partial charge in [-0.25, -0.2) is 9.37 Å². The van der Waals surface area contributed by atoms with Crippen LogP contribution in [0.15, 0.2) is 53.3 Å². The van der Waals surface area contributed by atoms with Gasteiger partial charge in [-0.05, 0) is 30.7 Å². The zero-order valence-corrected chi connectivity index (χ0v) is 12.1. The molecule has 1 heterocycles. The molecular formula is C17H16FN3O. The maximum Gasteiger partial charge on any atom is 0.269 e. The maximum absolute atomic E-state index is 14.1. The number of benzene rings is 2. The molecule has 1 aromatic heterocycles. The summed E-state index contributed by atoms with van der Waals surface area (Å²) in [5.41, 5.74) is 6.16. The summed E-state index contributed by atoms with van der Waals surface area (Å²) in [6.45, 7) is 1.74. The van der Waals surface area contributed by atoms with Crippen molar-refractivity contribution >= 4 is 10.9 Å². The molecule has 3 aromatic rings. The van der Waals surface area contributed by atoms with Crippen LogP contribution >= 0.6 is 0 Å². The number of hydrogen-bond acceptors (Lipinski definition) is 3. The number of nitrogens with zero attached hydrogens (tertiary/aromatic N) is 2. The Morgan fingerprint density at radius 2 is 2.00 bits per heavy atom. The standard InChI is InChI=1S/C17H16FN3O/c1-2-13(19)16-20-14-10-6-9-12(18)15(14)17(22)21(16)11-7-4-3-5-8-11/h3-10,13H,2,19H2,1H3/t13-/m0/s1/i13D. The summed E-state index contributed by atoms with van der Waals surface area (Å²) in [6.07, 6.45) is 0.257. The average molecular weight is 298 g/mol. The predicted molar refractivity (Wildman–Crippen MR) is 84.5 cm³/mol. The Bertz CT molecular complexity index is 922. The molecule has 5 heteroatoms. The summed E-state index contributed by atoms with van der Waals surface area (Å²) in [4.78, 5) is 17.2. The van der Waals surface area contributed by atoms with Gasteiger partial charge >= 0.3 is 0 Å². The van der Waals surface area contributed by atoms with Crippen molar-refractivity contribution in [3.63, 3.8) is 0 Å². The van der Waals surface area contributed by atoms with E-state index >= 15 is 0 Å². The van der Waals surface area contributed by atoms with Crippen molar-refractivity contribution < 1.29 is 5.76 Å². The lowest BCUT2D eigenvalue weighted by Gasteiger charge is -2.17. The van der Waals surface area contributed by atoms with E-state index in [-0.39, 0.29) is 23.1 Å². The molecule has 0 aliphatic rings. The molecular weight excluding hydrogens is 281 g/mol. The Balaban J connectivity index is 2.49. The summed E-state index contributed by atoms with van der Waals surface area (Å²) in [5, 5.41) is -0.105. The largest absolute Gasteiger partial charge is 0.321 e. The zero-order chi connectivity index (χ0) is 16.6. The molecule has 0 saturated heterocycles.